The van der Waals surface area contributed by atoms with Crippen LogP contribution in [-0.4, -0.2) is 16.1 Å². The van der Waals surface area contributed by atoms with Crippen molar-refractivity contribution in [3.8, 4) is 5.88 Å². The average molecular weight is 270 g/mol. The number of fused-ring (bicyclic) bond motifs is 1. The molecule has 0 saturated carbocycles. The molecule has 1 aliphatic heterocycles. The Kier molecular flexibility index (Phi) is 3.18. The van der Waals surface area contributed by atoms with Gasteiger partial charge in [-0.15, -0.1) is 0 Å². The standard InChI is InChI=1S/C15H18N4O/c1-10(2)20-15-7-17-6-14(18-15)19-8-11-3-4-13(16)5-12(11)9-19/h3-7,10H,8-9,16H2,1-2H3. The first kappa shape index (κ1) is 12.7. The highest BCUT2D eigenvalue weighted by Crippen LogP contribution is 2.28. The first-order chi connectivity index (χ1) is 9.61. The Labute approximate surface area is 118 Å². The molecule has 0 saturated heterocycles. The number of hydrogen-bond donors (Lipinski definition) is 1. The number of benzene rings is 1. The molecule has 0 unspecified atom stereocenters. The number of nitrogens with two attached hydrogens (primary N) is 1. The van der Waals surface area contributed by atoms with Crippen LogP contribution in [-0.2, 0) is 13.1 Å². The minimum absolute atomic E-state index is 0.0927. The molecular weight excluding hydrogens is 252 g/mol. The van der Waals surface area contributed by atoms with Gasteiger partial charge >= 0.3 is 0 Å². The zero-order valence-electron chi connectivity index (χ0n) is 11.7. The molecular formula is C15H18N4O. The zero-order chi connectivity index (χ0) is 14.1. The van der Waals surface area contributed by atoms with E-state index in [1.54, 1.807) is 12.4 Å². The normalized spacial score (nSPS) is 13.7. The quantitative estimate of drug-likeness (QED) is 0.867. The van der Waals surface area contributed by atoms with Crippen molar-refractivity contribution in [1.29, 1.82) is 0 Å². The summed E-state index contributed by atoms with van der Waals surface area (Å²) in [6.45, 7) is 5.58. The smallest absolute Gasteiger partial charge is 0.234 e. The lowest BCUT2D eigenvalue weighted by Gasteiger charge is -2.17. The number of nitrogens with zero attached hydrogens (tertiary/aromatic N) is 3. The van der Waals surface area contributed by atoms with Crippen molar-refractivity contribution in [3.05, 3.63) is 41.7 Å². The van der Waals surface area contributed by atoms with Crippen LogP contribution in [0, 0.1) is 0 Å². The van der Waals surface area contributed by atoms with Crippen LogP contribution in [0.15, 0.2) is 30.6 Å². The Morgan fingerprint density at radius 2 is 2.00 bits per heavy atom. The van der Waals surface area contributed by atoms with Crippen LogP contribution in [0.4, 0.5) is 11.5 Å². The van der Waals surface area contributed by atoms with Gasteiger partial charge < -0.3 is 15.4 Å². The second-order valence-corrected chi connectivity index (χ2v) is 5.27. The molecule has 0 radical (unpaired) electrons. The third-order valence-corrected chi connectivity index (χ3v) is 3.23. The highest BCUT2D eigenvalue weighted by Gasteiger charge is 2.20. The molecule has 5 heteroatoms. The molecule has 1 aromatic carbocycles. The molecule has 3 rings (SSSR count). The second kappa shape index (κ2) is 5.00. The van der Waals surface area contributed by atoms with Crippen molar-refractivity contribution in [2.45, 2.75) is 33.0 Å². The lowest BCUT2D eigenvalue weighted by Crippen LogP contribution is -2.17. The van der Waals surface area contributed by atoms with Crippen molar-refractivity contribution >= 4 is 11.5 Å². The SMILES string of the molecule is CC(C)Oc1cncc(N2Cc3ccc(N)cc3C2)n1. The van der Waals surface area contributed by atoms with E-state index in [-0.39, 0.29) is 6.10 Å². The molecule has 0 amide bonds. The summed E-state index contributed by atoms with van der Waals surface area (Å²) < 4.78 is 5.59. The Hall–Kier alpha value is -2.30. The summed E-state index contributed by atoms with van der Waals surface area (Å²) in [5.41, 5.74) is 9.17. The molecule has 5 nitrogen and oxygen atoms in total. The largest absolute Gasteiger partial charge is 0.474 e. The topological polar surface area (TPSA) is 64.3 Å². The van der Waals surface area contributed by atoms with Gasteiger partial charge in [-0.25, -0.2) is 0 Å². The number of hydrogen-bond acceptors (Lipinski definition) is 5. The van der Waals surface area contributed by atoms with E-state index in [2.05, 4.69) is 20.9 Å². The lowest BCUT2D eigenvalue weighted by molar-refractivity contribution is 0.231. The van der Waals surface area contributed by atoms with Crippen molar-refractivity contribution < 1.29 is 4.74 Å². The van der Waals surface area contributed by atoms with Crippen LogP contribution in [0.3, 0.4) is 0 Å². The van der Waals surface area contributed by atoms with Gasteiger partial charge in [0.25, 0.3) is 0 Å². The van der Waals surface area contributed by atoms with Gasteiger partial charge in [0.1, 0.15) is 0 Å². The summed E-state index contributed by atoms with van der Waals surface area (Å²) in [5, 5.41) is 0. The van der Waals surface area contributed by atoms with Crippen molar-refractivity contribution in [2.75, 3.05) is 10.6 Å². The van der Waals surface area contributed by atoms with Gasteiger partial charge in [-0.2, -0.15) is 4.98 Å². The molecule has 2 heterocycles. The zero-order valence-corrected chi connectivity index (χ0v) is 11.7. The summed E-state index contributed by atoms with van der Waals surface area (Å²) in [5.74, 6) is 1.39. The number of ether oxygens (including phenoxy) is 1. The summed E-state index contributed by atoms with van der Waals surface area (Å²) in [6.07, 6.45) is 3.50. The van der Waals surface area contributed by atoms with Gasteiger partial charge in [-0.1, -0.05) is 6.07 Å². The monoisotopic (exact) mass is 270 g/mol. The number of aromatic nitrogens is 2. The molecule has 1 aliphatic rings. The first-order valence-electron chi connectivity index (χ1n) is 6.73. The van der Waals surface area contributed by atoms with E-state index in [0.717, 1.165) is 24.6 Å². The summed E-state index contributed by atoms with van der Waals surface area (Å²) >= 11 is 0. The van der Waals surface area contributed by atoms with E-state index in [1.807, 2.05) is 26.0 Å². The highest BCUT2D eigenvalue weighted by molar-refractivity contribution is 5.52. The van der Waals surface area contributed by atoms with Crippen molar-refractivity contribution in [2.24, 2.45) is 0 Å². The molecule has 20 heavy (non-hydrogen) atoms. The molecule has 104 valence electrons. The Morgan fingerprint density at radius 3 is 2.80 bits per heavy atom. The van der Waals surface area contributed by atoms with Crippen molar-refractivity contribution in [1.82, 2.24) is 9.97 Å². The van der Waals surface area contributed by atoms with Gasteiger partial charge in [0.15, 0.2) is 5.82 Å². The molecule has 2 aromatic rings. The van der Waals surface area contributed by atoms with Gasteiger partial charge in [0, 0.05) is 18.8 Å². The average Bonchev–Trinajstić information content (AvgIpc) is 2.81. The Morgan fingerprint density at radius 1 is 1.20 bits per heavy atom. The minimum atomic E-state index is 0.0927. The summed E-state index contributed by atoms with van der Waals surface area (Å²) in [4.78, 5) is 10.9. The fraction of sp³-hybridized carbons (Fsp3) is 0.333. The maximum absolute atomic E-state index is 5.83. The molecule has 0 fully saturated rings. The van der Waals surface area contributed by atoms with Gasteiger partial charge in [0.2, 0.25) is 5.88 Å². The van der Waals surface area contributed by atoms with E-state index in [9.17, 15) is 0 Å². The summed E-state index contributed by atoms with van der Waals surface area (Å²) in [6, 6.07) is 6.04. The molecule has 2 N–H and O–H groups in total. The maximum Gasteiger partial charge on any atom is 0.234 e. The fourth-order valence-corrected chi connectivity index (χ4v) is 2.37. The minimum Gasteiger partial charge on any atom is -0.474 e. The first-order valence-corrected chi connectivity index (χ1v) is 6.73. The fourth-order valence-electron chi connectivity index (χ4n) is 2.37. The van der Waals surface area contributed by atoms with E-state index >= 15 is 0 Å². The highest BCUT2D eigenvalue weighted by atomic mass is 16.5. The van der Waals surface area contributed by atoms with Crippen LogP contribution >= 0.6 is 0 Å². The molecule has 0 atom stereocenters. The van der Waals surface area contributed by atoms with Gasteiger partial charge in [0.05, 0.1) is 18.5 Å². The van der Waals surface area contributed by atoms with E-state index < -0.39 is 0 Å². The molecule has 0 spiro atoms. The van der Waals surface area contributed by atoms with Crippen LogP contribution in [0.5, 0.6) is 5.88 Å². The number of rotatable bonds is 3. The van der Waals surface area contributed by atoms with Crippen LogP contribution < -0.4 is 15.4 Å². The Bertz CT molecular complexity index is 627. The lowest BCUT2D eigenvalue weighted by atomic mass is 10.1. The predicted octanol–water partition coefficient (Wildman–Crippen LogP) is 2.37. The second-order valence-electron chi connectivity index (χ2n) is 5.27. The van der Waals surface area contributed by atoms with Crippen LogP contribution in [0.1, 0.15) is 25.0 Å². The number of nitrogen functional groups attached to an aromatic ring is 1. The van der Waals surface area contributed by atoms with Gasteiger partial charge in [-0.05, 0) is 37.1 Å². The van der Waals surface area contributed by atoms with Crippen molar-refractivity contribution in [3.63, 3.8) is 0 Å². The number of anilines is 2. The maximum atomic E-state index is 5.83. The van der Waals surface area contributed by atoms with Crippen LogP contribution in [0.2, 0.25) is 0 Å². The van der Waals surface area contributed by atoms with Gasteiger partial charge in [-0.3, -0.25) is 4.98 Å². The third-order valence-electron chi connectivity index (χ3n) is 3.23. The predicted molar refractivity (Wildman–Crippen MR) is 78.5 cm³/mol. The third kappa shape index (κ3) is 2.52. The Balaban J connectivity index is 1.82. The molecule has 0 bridgehead atoms. The van der Waals surface area contributed by atoms with E-state index in [0.29, 0.717) is 5.88 Å². The molecule has 0 aliphatic carbocycles. The molecule has 1 aromatic heterocycles. The van der Waals surface area contributed by atoms with Crippen LogP contribution in [0.25, 0.3) is 0 Å². The summed E-state index contributed by atoms with van der Waals surface area (Å²) in [7, 11) is 0. The van der Waals surface area contributed by atoms with E-state index in [4.69, 9.17) is 10.5 Å². The van der Waals surface area contributed by atoms with E-state index in [1.165, 1.54) is 11.1 Å².